The van der Waals surface area contributed by atoms with Gasteiger partial charge in [0, 0.05) is 30.7 Å². The number of aromatic nitrogens is 2. The van der Waals surface area contributed by atoms with Crippen LogP contribution < -0.4 is 15.5 Å². The van der Waals surface area contributed by atoms with Crippen molar-refractivity contribution < 1.29 is 9.53 Å². The third-order valence-electron chi connectivity index (χ3n) is 6.81. The van der Waals surface area contributed by atoms with Gasteiger partial charge >= 0.3 is 0 Å². The summed E-state index contributed by atoms with van der Waals surface area (Å²) in [5.74, 6) is 2.04. The maximum absolute atomic E-state index is 13.8. The van der Waals surface area contributed by atoms with Gasteiger partial charge in [-0.25, -0.2) is 9.97 Å². The maximum Gasteiger partial charge on any atom is 0.231 e. The van der Waals surface area contributed by atoms with E-state index in [-0.39, 0.29) is 30.0 Å². The maximum atomic E-state index is 13.8. The normalized spacial score (nSPS) is 24.1. The molecule has 9 heteroatoms. The van der Waals surface area contributed by atoms with Crippen LogP contribution in [0, 0.1) is 0 Å². The Kier molecular flexibility index (Phi) is 6.12. The molecule has 180 valence electrons. The zero-order chi connectivity index (χ0) is 24.0. The Hall–Kier alpha value is -2.84. The van der Waals surface area contributed by atoms with Crippen LogP contribution in [0.15, 0.2) is 43.1 Å². The zero-order valence-electron chi connectivity index (χ0n) is 19.8. The lowest BCUT2D eigenvalue weighted by Crippen LogP contribution is -2.51. The smallest absolute Gasteiger partial charge is 0.231 e. The first-order valence-corrected chi connectivity index (χ1v) is 12.2. The first-order chi connectivity index (χ1) is 16.3. The first-order valence-electron chi connectivity index (χ1n) is 11.9. The number of anilines is 2. The fourth-order valence-electron chi connectivity index (χ4n) is 5.04. The van der Waals surface area contributed by atoms with Gasteiger partial charge in [0.25, 0.3) is 0 Å². The van der Waals surface area contributed by atoms with Crippen LogP contribution in [0.25, 0.3) is 0 Å². The van der Waals surface area contributed by atoms with Crippen molar-refractivity contribution in [3.05, 3.63) is 59.2 Å². The van der Waals surface area contributed by atoms with Gasteiger partial charge in [0.1, 0.15) is 24.1 Å². The highest BCUT2D eigenvalue weighted by molar-refractivity contribution is 6.30. The molecule has 8 nitrogen and oxygen atoms in total. The molecule has 2 aliphatic heterocycles. The number of carbonyl (C=O) groups excluding carboxylic acids is 1. The van der Waals surface area contributed by atoms with E-state index in [2.05, 4.69) is 50.8 Å². The predicted octanol–water partition coefficient (Wildman–Crippen LogP) is 3.68. The highest BCUT2D eigenvalue weighted by atomic mass is 35.5. The Morgan fingerprint density at radius 3 is 2.76 bits per heavy atom. The third kappa shape index (κ3) is 4.32. The van der Waals surface area contributed by atoms with Gasteiger partial charge in [-0.1, -0.05) is 37.6 Å². The molecule has 1 aromatic heterocycles. The summed E-state index contributed by atoms with van der Waals surface area (Å²) in [5.41, 5.74) is 1.94. The number of carbonyl (C=O) groups is 1. The highest BCUT2D eigenvalue weighted by Crippen LogP contribution is 2.44. The van der Waals surface area contributed by atoms with E-state index >= 15 is 0 Å². The van der Waals surface area contributed by atoms with Gasteiger partial charge in [0.05, 0.1) is 23.6 Å². The van der Waals surface area contributed by atoms with Crippen molar-refractivity contribution >= 4 is 29.1 Å². The van der Waals surface area contributed by atoms with Crippen LogP contribution in [-0.4, -0.2) is 58.5 Å². The molecule has 3 heterocycles. The van der Waals surface area contributed by atoms with Crippen LogP contribution in [0.5, 0.6) is 0 Å². The molecule has 2 aromatic rings. The van der Waals surface area contributed by atoms with Crippen molar-refractivity contribution in [3.8, 4) is 0 Å². The molecule has 1 saturated heterocycles. The number of nitrogens with one attached hydrogen (secondary N) is 2. The van der Waals surface area contributed by atoms with Gasteiger partial charge in [-0.2, -0.15) is 0 Å². The van der Waals surface area contributed by atoms with E-state index in [9.17, 15) is 4.79 Å². The second-order valence-electron chi connectivity index (χ2n) is 9.53. The summed E-state index contributed by atoms with van der Waals surface area (Å²) >= 11 is 6.10. The Balaban J connectivity index is 1.35. The van der Waals surface area contributed by atoms with E-state index in [1.165, 1.54) is 0 Å². The van der Waals surface area contributed by atoms with Gasteiger partial charge in [-0.05, 0) is 37.6 Å². The molecule has 1 amide bonds. The monoisotopic (exact) mass is 482 g/mol. The van der Waals surface area contributed by atoms with E-state index < -0.39 is 0 Å². The summed E-state index contributed by atoms with van der Waals surface area (Å²) < 4.78 is 5.79. The molecule has 4 atom stereocenters. The van der Waals surface area contributed by atoms with E-state index in [1.54, 1.807) is 6.33 Å². The minimum absolute atomic E-state index is 0.169. The van der Waals surface area contributed by atoms with Crippen molar-refractivity contribution in [1.82, 2.24) is 20.2 Å². The molecular formula is C25H31ClN6O2. The quantitative estimate of drug-likeness (QED) is 0.649. The van der Waals surface area contributed by atoms with E-state index in [4.69, 9.17) is 16.3 Å². The highest BCUT2D eigenvalue weighted by Gasteiger charge is 2.52. The average Bonchev–Trinajstić information content (AvgIpc) is 3.60. The summed E-state index contributed by atoms with van der Waals surface area (Å²) in [5, 5.41) is 7.23. The summed E-state index contributed by atoms with van der Waals surface area (Å²) in [6, 6.07) is 8.36. The minimum atomic E-state index is -0.247. The van der Waals surface area contributed by atoms with Crippen LogP contribution in [0.4, 0.5) is 11.6 Å². The SMILES string of the molecule is C=C1Nc2ncnc(N3CCN(C(=O)[C@H](CNC(C)C)c4ccc(Cl)cc4)[C@H]4C[C@H]43)c2[C@H](C)O1. The number of rotatable bonds is 6. The summed E-state index contributed by atoms with van der Waals surface area (Å²) in [6.07, 6.45) is 2.33. The molecule has 1 aliphatic carbocycles. The summed E-state index contributed by atoms with van der Waals surface area (Å²) in [6.45, 7) is 12.0. The van der Waals surface area contributed by atoms with Gasteiger partial charge < -0.3 is 25.2 Å². The molecule has 0 unspecified atom stereocenters. The number of amides is 1. The fraction of sp³-hybridized carbons (Fsp3) is 0.480. The number of hydrogen-bond donors (Lipinski definition) is 2. The topological polar surface area (TPSA) is 82.6 Å². The minimum Gasteiger partial charge on any atom is -0.471 e. The number of hydrogen-bond acceptors (Lipinski definition) is 7. The summed E-state index contributed by atoms with van der Waals surface area (Å²) in [4.78, 5) is 27.1. The van der Waals surface area contributed by atoms with Crippen LogP contribution in [-0.2, 0) is 9.53 Å². The molecule has 2 N–H and O–H groups in total. The summed E-state index contributed by atoms with van der Waals surface area (Å²) in [7, 11) is 0. The van der Waals surface area contributed by atoms with E-state index in [1.807, 2.05) is 31.2 Å². The standard InChI is InChI=1S/C25H31ClN6O2/c1-14(2)27-12-19(17-5-7-18(26)8-6-17)25(33)32-10-9-31(20-11-21(20)32)24-22-15(3)34-16(4)30-23(22)28-13-29-24/h5-8,13-15,19-21,27H,4,9-12H2,1-3H3,(H,28,29,30)/t15-,19+,20+,21-/m0/s1. The first kappa shape index (κ1) is 22.9. The van der Waals surface area contributed by atoms with Gasteiger partial charge in [0.2, 0.25) is 5.91 Å². The molecule has 0 bridgehead atoms. The number of benzene rings is 1. The Bertz CT molecular complexity index is 1090. The Morgan fingerprint density at radius 1 is 1.26 bits per heavy atom. The van der Waals surface area contributed by atoms with Crippen LogP contribution >= 0.6 is 11.6 Å². The number of fused-ring (bicyclic) bond motifs is 2. The third-order valence-corrected chi connectivity index (χ3v) is 7.06. The van der Waals surface area contributed by atoms with Crippen molar-refractivity contribution in [2.75, 3.05) is 29.9 Å². The van der Waals surface area contributed by atoms with Crippen molar-refractivity contribution in [3.63, 3.8) is 0 Å². The molecule has 2 fully saturated rings. The van der Waals surface area contributed by atoms with E-state index in [0.717, 1.165) is 35.7 Å². The molecular weight excluding hydrogens is 452 g/mol. The molecule has 5 rings (SSSR count). The lowest BCUT2D eigenvalue weighted by atomic mass is 9.96. The van der Waals surface area contributed by atoms with Crippen molar-refractivity contribution in [2.24, 2.45) is 0 Å². The van der Waals surface area contributed by atoms with Crippen LogP contribution in [0.2, 0.25) is 5.02 Å². The number of halogens is 1. The largest absolute Gasteiger partial charge is 0.471 e. The van der Waals surface area contributed by atoms with E-state index in [0.29, 0.717) is 30.0 Å². The van der Waals surface area contributed by atoms with Gasteiger partial charge in [-0.3, -0.25) is 4.79 Å². The molecule has 0 radical (unpaired) electrons. The number of piperazine rings is 1. The van der Waals surface area contributed by atoms with Crippen LogP contribution in [0.1, 0.15) is 50.3 Å². The number of nitrogens with zero attached hydrogens (tertiary/aromatic N) is 4. The van der Waals surface area contributed by atoms with Gasteiger partial charge in [0.15, 0.2) is 5.88 Å². The lowest BCUT2D eigenvalue weighted by molar-refractivity contribution is -0.133. The predicted molar refractivity (Wildman–Crippen MR) is 133 cm³/mol. The average molecular weight is 483 g/mol. The molecule has 3 aliphatic rings. The van der Waals surface area contributed by atoms with Crippen LogP contribution in [0.3, 0.4) is 0 Å². The fourth-order valence-corrected chi connectivity index (χ4v) is 5.17. The Labute approximate surface area is 205 Å². The molecule has 0 spiro atoms. The van der Waals surface area contributed by atoms with Gasteiger partial charge in [-0.15, -0.1) is 0 Å². The van der Waals surface area contributed by atoms with Crippen molar-refractivity contribution in [1.29, 1.82) is 0 Å². The molecule has 1 aromatic carbocycles. The Morgan fingerprint density at radius 2 is 2.03 bits per heavy atom. The lowest BCUT2D eigenvalue weighted by Gasteiger charge is -2.38. The second kappa shape index (κ2) is 9.07. The van der Waals surface area contributed by atoms with Crippen molar-refractivity contribution in [2.45, 2.75) is 57.3 Å². The zero-order valence-corrected chi connectivity index (χ0v) is 20.5. The molecule has 34 heavy (non-hydrogen) atoms. The molecule has 1 saturated carbocycles. The second-order valence-corrected chi connectivity index (χ2v) is 9.97. The number of ether oxygens (including phenoxy) is 1.